The van der Waals surface area contributed by atoms with Crippen LogP contribution in [0.3, 0.4) is 0 Å². The third kappa shape index (κ3) is 5.38. The van der Waals surface area contributed by atoms with Gasteiger partial charge in [0.25, 0.3) is 0 Å². The zero-order valence-corrected chi connectivity index (χ0v) is 16.8. The summed E-state index contributed by atoms with van der Waals surface area (Å²) in [6.07, 6.45) is 2.81. The quantitative estimate of drug-likeness (QED) is 0.748. The van der Waals surface area contributed by atoms with E-state index in [4.69, 9.17) is 9.47 Å². The number of nitrogens with one attached hydrogen (secondary N) is 2. The number of anilines is 1. The molecule has 0 spiro atoms. The van der Waals surface area contributed by atoms with Crippen LogP contribution in [0.15, 0.2) is 18.2 Å². The molecule has 154 valence electrons. The van der Waals surface area contributed by atoms with Gasteiger partial charge in [0.15, 0.2) is 11.5 Å². The van der Waals surface area contributed by atoms with Gasteiger partial charge in [0.2, 0.25) is 11.8 Å². The zero-order chi connectivity index (χ0) is 19.9. The standard InChI is InChI=1S/C21H31N3O4/c1-3-24(21(26)11-15(2)16-5-4-8-22-13-16)14-20(25)23-17-6-7-18-19(12-17)28-10-9-27-18/h6-7,12,15-16,22H,3-5,8-11,13-14H2,1-2H3,(H,23,25). The Morgan fingerprint density at radius 1 is 1.29 bits per heavy atom. The number of amides is 2. The summed E-state index contributed by atoms with van der Waals surface area (Å²) >= 11 is 0. The number of hydrogen-bond acceptors (Lipinski definition) is 5. The molecule has 2 heterocycles. The minimum atomic E-state index is -0.209. The van der Waals surface area contributed by atoms with Crippen LogP contribution in [0.5, 0.6) is 11.5 Å². The summed E-state index contributed by atoms with van der Waals surface area (Å²) < 4.78 is 11.0. The summed E-state index contributed by atoms with van der Waals surface area (Å²) in [5.41, 5.74) is 0.638. The second-order valence-electron chi connectivity index (χ2n) is 7.60. The van der Waals surface area contributed by atoms with Crippen LogP contribution in [0.25, 0.3) is 0 Å². The lowest BCUT2D eigenvalue weighted by atomic mass is 9.85. The Balaban J connectivity index is 1.51. The highest BCUT2D eigenvalue weighted by atomic mass is 16.6. The molecule has 2 atom stereocenters. The number of ether oxygens (including phenoxy) is 2. The minimum absolute atomic E-state index is 0.0397. The van der Waals surface area contributed by atoms with E-state index < -0.39 is 0 Å². The number of hydrogen-bond donors (Lipinski definition) is 2. The van der Waals surface area contributed by atoms with Crippen LogP contribution in [0.4, 0.5) is 5.69 Å². The molecule has 1 fully saturated rings. The summed E-state index contributed by atoms with van der Waals surface area (Å²) in [5, 5.41) is 6.26. The molecule has 2 aliphatic heterocycles. The molecule has 28 heavy (non-hydrogen) atoms. The van der Waals surface area contributed by atoms with Gasteiger partial charge in [0.1, 0.15) is 13.2 Å². The van der Waals surface area contributed by atoms with E-state index in [-0.39, 0.29) is 18.4 Å². The maximum Gasteiger partial charge on any atom is 0.243 e. The van der Waals surface area contributed by atoms with Gasteiger partial charge in [-0.25, -0.2) is 0 Å². The van der Waals surface area contributed by atoms with Crippen LogP contribution in [0, 0.1) is 11.8 Å². The Morgan fingerprint density at radius 2 is 2.07 bits per heavy atom. The molecule has 2 amide bonds. The highest BCUT2D eigenvalue weighted by Gasteiger charge is 2.25. The Labute approximate surface area is 166 Å². The minimum Gasteiger partial charge on any atom is -0.486 e. The SMILES string of the molecule is CCN(CC(=O)Nc1ccc2c(c1)OCCO2)C(=O)CC(C)C1CCCNC1. The fourth-order valence-electron chi connectivity index (χ4n) is 3.81. The number of rotatable bonds is 7. The molecule has 3 rings (SSSR count). The average molecular weight is 389 g/mol. The summed E-state index contributed by atoms with van der Waals surface area (Å²) in [6, 6.07) is 5.32. The third-order valence-electron chi connectivity index (χ3n) is 5.53. The zero-order valence-electron chi connectivity index (χ0n) is 16.8. The molecule has 0 bridgehead atoms. The van der Waals surface area contributed by atoms with Crippen molar-refractivity contribution in [1.82, 2.24) is 10.2 Å². The van der Waals surface area contributed by atoms with Crippen molar-refractivity contribution < 1.29 is 19.1 Å². The maximum absolute atomic E-state index is 12.7. The van der Waals surface area contributed by atoms with E-state index in [1.807, 2.05) is 6.92 Å². The van der Waals surface area contributed by atoms with Crippen LogP contribution < -0.4 is 20.1 Å². The van der Waals surface area contributed by atoms with Crippen LogP contribution in [0.2, 0.25) is 0 Å². The van der Waals surface area contributed by atoms with E-state index in [0.717, 1.165) is 19.5 Å². The topological polar surface area (TPSA) is 79.9 Å². The Kier molecular flexibility index (Phi) is 7.14. The molecular formula is C21H31N3O4. The molecule has 7 nitrogen and oxygen atoms in total. The normalized spacial score (nSPS) is 19.6. The Morgan fingerprint density at radius 3 is 2.79 bits per heavy atom. The molecule has 2 N–H and O–H groups in total. The molecule has 2 aliphatic rings. The van der Waals surface area contributed by atoms with Gasteiger partial charge in [0.05, 0.1) is 6.54 Å². The summed E-state index contributed by atoms with van der Waals surface area (Å²) in [4.78, 5) is 26.8. The molecule has 0 radical (unpaired) electrons. The number of carbonyl (C=O) groups excluding carboxylic acids is 2. The number of carbonyl (C=O) groups is 2. The first kappa shape index (κ1) is 20.5. The van der Waals surface area contributed by atoms with Crippen LogP contribution in [-0.2, 0) is 9.59 Å². The van der Waals surface area contributed by atoms with Crippen molar-refractivity contribution in [1.29, 1.82) is 0 Å². The predicted molar refractivity (Wildman–Crippen MR) is 108 cm³/mol. The summed E-state index contributed by atoms with van der Waals surface area (Å²) in [7, 11) is 0. The third-order valence-corrected chi connectivity index (χ3v) is 5.53. The monoisotopic (exact) mass is 389 g/mol. The maximum atomic E-state index is 12.7. The molecule has 7 heteroatoms. The molecular weight excluding hydrogens is 358 g/mol. The van der Waals surface area contributed by atoms with Crippen LogP contribution in [-0.4, -0.2) is 56.1 Å². The Bertz CT molecular complexity index is 688. The Hall–Kier alpha value is -2.28. The highest BCUT2D eigenvalue weighted by molar-refractivity contribution is 5.94. The van der Waals surface area contributed by atoms with E-state index >= 15 is 0 Å². The molecule has 2 unspecified atom stereocenters. The van der Waals surface area contributed by atoms with E-state index in [0.29, 0.717) is 55.2 Å². The van der Waals surface area contributed by atoms with E-state index in [2.05, 4.69) is 17.6 Å². The summed E-state index contributed by atoms with van der Waals surface area (Å²) in [5.74, 6) is 1.98. The molecule has 0 aliphatic carbocycles. The second-order valence-corrected chi connectivity index (χ2v) is 7.60. The van der Waals surface area contributed by atoms with Crippen molar-refractivity contribution in [3.63, 3.8) is 0 Å². The van der Waals surface area contributed by atoms with Gasteiger partial charge >= 0.3 is 0 Å². The van der Waals surface area contributed by atoms with Gasteiger partial charge < -0.3 is 25.0 Å². The fourth-order valence-corrected chi connectivity index (χ4v) is 3.81. The number of piperidine rings is 1. The smallest absolute Gasteiger partial charge is 0.243 e. The molecule has 0 aromatic heterocycles. The van der Waals surface area contributed by atoms with Gasteiger partial charge in [-0.3, -0.25) is 9.59 Å². The lowest BCUT2D eigenvalue weighted by molar-refractivity contribution is -0.135. The largest absolute Gasteiger partial charge is 0.486 e. The average Bonchev–Trinajstić information content (AvgIpc) is 2.72. The second kappa shape index (κ2) is 9.78. The first-order valence-electron chi connectivity index (χ1n) is 10.2. The number of fused-ring (bicyclic) bond motifs is 1. The molecule has 1 aromatic rings. The first-order chi connectivity index (χ1) is 13.6. The van der Waals surface area contributed by atoms with Crippen LogP contribution >= 0.6 is 0 Å². The van der Waals surface area contributed by atoms with Crippen molar-refractivity contribution >= 4 is 17.5 Å². The van der Waals surface area contributed by atoms with Crippen molar-refractivity contribution in [2.75, 3.05) is 44.7 Å². The van der Waals surface area contributed by atoms with Crippen molar-refractivity contribution in [2.24, 2.45) is 11.8 Å². The van der Waals surface area contributed by atoms with Gasteiger partial charge in [-0.2, -0.15) is 0 Å². The van der Waals surface area contributed by atoms with E-state index in [9.17, 15) is 9.59 Å². The highest BCUT2D eigenvalue weighted by Crippen LogP contribution is 2.32. The van der Waals surface area contributed by atoms with Crippen molar-refractivity contribution in [3.8, 4) is 11.5 Å². The number of nitrogens with zero attached hydrogens (tertiary/aromatic N) is 1. The predicted octanol–water partition coefficient (Wildman–Crippen LogP) is 2.27. The van der Waals surface area contributed by atoms with Crippen LogP contribution in [0.1, 0.15) is 33.1 Å². The summed E-state index contributed by atoms with van der Waals surface area (Å²) in [6.45, 7) is 7.69. The first-order valence-corrected chi connectivity index (χ1v) is 10.2. The van der Waals surface area contributed by atoms with Gasteiger partial charge in [-0.1, -0.05) is 6.92 Å². The van der Waals surface area contributed by atoms with Gasteiger partial charge in [-0.05, 0) is 56.8 Å². The molecule has 1 aromatic carbocycles. The fraction of sp³-hybridized carbons (Fsp3) is 0.619. The van der Waals surface area contributed by atoms with Gasteiger partial charge in [-0.15, -0.1) is 0 Å². The molecule has 0 saturated carbocycles. The number of likely N-dealkylation sites (N-methyl/N-ethyl adjacent to an activating group) is 1. The van der Waals surface area contributed by atoms with E-state index in [1.54, 1.807) is 23.1 Å². The van der Waals surface area contributed by atoms with Crippen molar-refractivity contribution in [3.05, 3.63) is 18.2 Å². The lowest BCUT2D eigenvalue weighted by Crippen LogP contribution is -2.40. The van der Waals surface area contributed by atoms with E-state index in [1.165, 1.54) is 6.42 Å². The lowest BCUT2D eigenvalue weighted by Gasteiger charge is -2.29. The number of benzene rings is 1. The van der Waals surface area contributed by atoms with Crippen molar-refractivity contribution in [2.45, 2.75) is 33.1 Å². The van der Waals surface area contributed by atoms with Gasteiger partial charge in [0, 0.05) is 24.7 Å². The molecule has 1 saturated heterocycles.